The Balaban J connectivity index is 2.63. The summed E-state index contributed by atoms with van der Waals surface area (Å²) in [7, 11) is 1.39. The van der Waals surface area contributed by atoms with Crippen molar-refractivity contribution >= 4 is 23.4 Å². The maximum absolute atomic E-state index is 10.8. The van der Waals surface area contributed by atoms with Crippen LogP contribution < -0.4 is 0 Å². The van der Waals surface area contributed by atoms with Crippen LogP contribution in [-0.4, -0.2) is 13.1 Å². The average molecular weight is 182 g/mol. The van der Waals surface area contributed by atoms with Gasteiger partial charge in [-0.05, 0) is 12.1 Å². The molecule has 0 radical (unpaired) electrons. The number of hydrogen-bond donors (Lipinski definition) is 0. The van der Waals surface area contributed by atoms with Gasteiger partial charge in [-0.3, -0.25) is 4.79 Å². The van der Waals surface area contributed by atoms with Crippen molar-refractivity contribution in [2.45, 2.75) is 6.42 Å². The van der Waals surface area contributed by atoms with Crippen LogP contribution in [0.25, 0.3) is 6.08 Å². The van der Waals surface area contributed by atoms with Gasteiger partial charge < -0.3 is 4.74 Å². The molecule has 0 unspecified atom stereocenters. The number of hydrogen-bond acceptors (Lipinski definition) is 3. The van der Waals surface area contributed by atoms with Crippen molar-refractivity contribution in [1.82, 2.24) is 0 Å². The molecule has 0 amide bonds. The van der Waals surface area contributed by atoms with Crippen LogP contribution in [0.5, 0.6) is 0 Å². The summed E-state index contributed by atoms with van der Waals surface area (Å²) < 4.78 is 4.54. The first-order chi connectivity index (χ1) is 5.76. The number of ether oxygens (including phenoxy) is 1. The van der Waals surface area contributed by atoms with Gasteiger partial charge in [0.05, 0.1) is 13.5 Å². The van der Waals surface area contributed by atoms with Crippen LogP contribution in [-0.2, 0) is 16.0 Å². The second-order valence-corrected chi connectivity index (χ2v) is 3.46. The first-order valence-corrected chi connectivity index (χ1v) is 4.36. The van der Waals surface area contributed by atoms with E-state index in [-0.39, 0.29) is 5.97 Å². The van der Waals surface area contributed by atoms with Crippen molar-refractivity contribution in [2.75, 3.05) is 7.11 Å². The molecule has 1 aromatic rings. The Morgan fingerprint density at radius 2 is 2.50 bits per heavy atom. The monoisotopic (exact) mass is 182 g/mol. The minimum atomic E-state index is -0.201. The maximum Gasteiger partial charge on any atom is 0.310 e. The molecule has 3 heteroatoms. The summed E-state index contributed by atoms with van der Waals surface area (Å²) in [6, 6.07) is 3.86. The smallest absolute Gasteiger partial charge is 0.310 e. The lowest BCUT2D eigenvalue weighted by Crippen LogP contribution is -2.02. The van der Waals surface area contributed by atoms with Crippen molar-refractivity contribution in [2.24, 2.45) is 0 Å². The second-order valence-electron chi connectivity index (χ2n) is 2.26. The van der Waals surface area contributed by atoms with Gasteiger partial charge in [-0.15, -0.1) is 11.3 Å². The highest BCUT2D eigenvalue weighted by Gasteiger charge is 2.04. The van der Waals surface area contributed by atoms with Gasteiger partial charge >= 0.3 is 5.97 Å². The average Bonchev–Trinajstić information content (AvgIpc) is 2.52. The fraction of sp³-hybridized carbons (Fsp3) is 0.222. The van der Waals surface area contributed by atoms with Crippen LogP contribution in [0, 0.1) is 0 Å². The van der Waals surface area contributed by atoms with Crippen LogP contribution in [0.4, 0.5) is 0 Å². The Labute approximate surface area is 75.5 Å². The van der Waals surface area contributed by atoms with E-state index in [2.05, 4.69) is 11.3 Å². The van der Waals surface area contributed by atoms with E-state index in [1.54, 1.807) is 17.4 Å². The predicted molar refractivity (Wildman–Crippen MR) is 50.1 cm³/mol. The van der Waals surface area contributed by atoms with Gasteiger partial charge in [-0.25, -0.2) is 0 Å². The van der Waals surface area contributed by atoms with E-state index in [9.17, 15) is 4.79 Å². The molecule has 0 spiro atoms. The lowest BCUT2D eigenvalue weighted by Gasteiger charge is -1.93. The van der Waals surface area contributed by atoms with E-state index in [1.165, 1.54) is 7.11 Å². The van der Waals surface area contributed by atoms with Crippen molar-refractivity contribution in [1.29, 1.82) is 0 Å². The summed E-state index contributed by atoms with van der Waals surface area (Å²) >= 11 is 1.56. The molecule has 0 aromatic carbocycles. The van der Waals surface area contributed by atoms with Crippen molar-refractivity contribution in [3.63, 3.8) is 0 Å². The van der Waals surface area contributed by atoms with Gasteiger partial charge in [0.25, 0.3) is 0 Å². The van der Waals surface area contributed by atoms with E-state index >= 15 is 0 Å². The van der Waals surface area contributed by atoms with E-state index in [1.807, 2.05) is 12.1 Å². The van der Waals surface area contributed by atoms with Gasteiger partial charge in [0, 0.05) is 9.75 Å². The SMILES string of the molecule is C=Cc1ccc(CC(=O)OC)s1. The fourth-order valence-electron chi connectivity index (χ4n) is 0.814. The largest absolute Gasteiger partial charge is 0.469 e. The van der Waals surface area contributed by atoms with Gasteiger partial charge in [-0.1, -0.05) is 12.7 Å². The van der Waals surface area contributed by atoms with Gasteiger partial charge in [-0.2, -0.15) is 0 Å². The van der Waals surface area contributed by atoms with Gasteiger partial charge in [0.1, 0.15) is 0 Å². The maximum atomic E-state index is 10.8. The molecular formula is C9H10O2S. The molecule has 2 nitrogen and oxygen atoms in total. The third-order valence-electron chi connectivity index (χ3n) is 1.43. The number of carbonyl (C=O) groups excluding carboxylic acids is 1. The molecule has 0 saturated heterocycles. The summed E-state index contributed by atoms with van der Waals surface area (Å²) in [5, 5.41) is 0. The molecule has 1 aromatic heterocycles. The highest BCUT2D eigenvalue weighted by molar-refractivity contribution is 7.12. The lowest BCUT2D eigenvalue weighted by molar-refractivity contribution is -0.139. The Morgan fingerprint density at radius 3 is 3.00 bits per heavy atom. The van der Waals surface area contributed by atoms with Crippen LogP contribution >= 0.6 is 11.3 Å². The molecule has 1 heterocycles. The zero-order chi connectivity index (χ0) is 8.97. The zero-order valence-electron chi connectivity index (χ0n) is 6.87. The minimum absolute atomic E-state index is 0.201. The van der Waals surface area contributed by atoms with E-state index in [0.29, 0.717) is 6.42 Å². The molecule has 0 aliphatic heterocycles. The molecule has 0 N–H and O–H groups in total. The standard InChI is InChI=1S/C9H10O2S/c1-3-7-4-5-8(12-7)6-9(10)11-2/h3-5H,1,6H2,2H3. The molecule has 12 heavy (non-hydrogen) atoms. The Bertz CT molecular complexity index is 288. The number of thiophene rings is 1. The van der Waals surface area contributed by atoms with Crippen molar-refractivity contribution in [3.05, 3.63) is 28.5 Å². The van der Waals surface area contributed by atoms with E-state index < -0.39 is 0 Å². The molecule has 0 fully saturated rings. The quantitative estimate of drug-likeness (QED) is 0.669. The van der Waals surface area contributed by atoms with Crippen molar-refractivity contribution < 1.29 is 9.53 Å². The first-order valence-electron chi connectivity index (χ1n) is 3.54. The molecular weight excluding hydrogens is 172 g/mol. The third-order valence-corrected chi connectivity index (χ3v) is 2.51. The second kappa shape index (κ2) is 4.07. The third kappa shape index (κ3) is 2.20. The Morgan fingerprint density at radius 1 is 1.75 bits per heavy atom. The van der Waals surface area contributed by atoms with Crippen LogP contribution in [0.2, 0.25) is 0 Å². The number of esters is 1. The van der Waals surface area contributed by atoms with Gasteiger partial charge in [0.2, 0.25) is 0 Å². The van der Waals surface area contributed by atoms with Crippen molar-refractivity contribution in [3.8, 4) is 0 Å². The highest BCUT2D eigenvalue weighted by Crippen LogP contribution is 2.17. The Kier molecular flexibility index (Phi) is 3.05. The molecule has 0 atom stereocenters. The molecule has 0 saturated carbocycles. The summed E-state index contributed by atoms with van der Waals surface area (Å²) in [4.78, 5) is 12.9. The Hall–Kier alpha value is -1.09. The normalized spacial score (nSPS) is 9.42. The highest BCUT2D eigenvalue weighted by atomic mass is 32.1. The lowest BCUT2D eigenvalue weighted by atomic mass is 10.3. The molecule has 0 bridgehead atoms. The van der Waals surface area contributed by atoms with E-state index in [4.69, 9.17) is 0 Å². The number of rotatable bonds is 3. The minimum Gasteiger partial charge on any atom is -0.469 e. The van der Waals surface area contributed by atoms with E-state index in [0.717, 1.165) is 9.75 Å². The first kappa shape index (κ1) is 9.00. The van der Waals surface area contributed by atoms with Crippen LogP contribution in [0.15, 0.2) is 18.7 Å². The summed E-state index contributed by atoms with van der Waals surface area (Å²) in [6.07, 6.45) is 2.13. The summed E-state index contributed by atoms with van der Waals surface area (Å²) in [6.45, 7) is 3.64. The van der Waals surface area contributed by atoms with Crippen LogP contribution in [0.3, 0.4) is 0 Å². The fourth-order valence-corrected chi connectivity index (χ4v) is 1.66. The predicted octanol–water partition coefficient (Wildman–Crippen LogP) is 2.11. The summed E-state index contributed by atoms with van der Waals surface area (Å²) in [5.74, 6) is -0.201. The number of carbonyl (C=O) groups is 1. The molecule has 0 aliphatic carbocycles. The summed E-state index contributed by atoms with van der Waals surface area (Å²) in [5.41, 5.74) is 0. The van der Waals surface area contributed by atoms with Gasteiger partial charge in [0.15, 0.2) is 0 Å². The molecule has 0 aliphatic rings. The van der Waals surface area contributed by atoms with Crippen LogP contribution in [0.1, 0.15) is 9.75 Å². The zero-order valence-corrected chi connectivity index (χ0v) is 7.69. The molecule has 64 valence electrons. The number of methoxy groups -OCH3 is 1. The molecule has 1 rings (SSSR count). The topological polar surface area (TPSA) is 26.3 Å².